The van der Waals surface area contributed by atoms with E-state index in [9.17, 15) is 9.50 Å². The van der Waals surface area contributed by atoms with Gasteiger partial charge in [-0.05, 0) is 42.4 Å². The van der Waals surface area contributed by atoms with Crippen LogP contribution in [0.5, 0.6) is 0 Å². The average molecular weight is 265 g/mol. The number of halogens is 1. The van der Waals surface area contributed by atoms with E-state index in [1.165, 1.54) is 12.1 Å². The lowest BCUT2D eigenvalue weighted by atomic mass is 9.59. The molecule has 0 amide bonds. The summed E-state index contributed by atoms with van der Waals surface area (Å²) in [5.41, 5.74) is 6.66. The zero-order valence-corrected chi connectivity index (χ0v) is 11.8. The third kappa shape index (κ3) is 2.82. The molecule has 1 aliphatic rings. The Bertz CT molecular complexity index is 429. The summed E-state index contributed by atoms with van der Waals surface area (Å²) in [6, 6.07) is 6.53. The van der Waals surface area contributed by atoms with Gasteiger partial charge in [0.15, 0.2) is 0 Å². The quantitative estimate of drug-likeness (QED) is 0.882. The maximum absolute atomic E-state index is 13.0. The lowest BCUT2D eigenvalue weighted by Gasteiger charge is -2.49. The van der Waals surface area contributed by atoms with Crippen molar-refractivity contribution in [2.24, 2.45) is 16.6 Å². The van der Waals surface area contributed by atoms with Gasteiger partial charge in [0.25, 0.3) is 0 Å². The fourth-order valence-electron chi connectivity index (χ4n) is 3.48. The first-order chi connectivity index (χ1) is 8.89. The molecule has 106 valence electrons. The van der Waals surface area contributed by atoms with Crippen molar-refractivity contribution < 1.29 is 9.50 Å². The van der Waals surface area contributed by atoms with E-state index in [2.05, 4.69) is 13.8 Å². The predicted octanol–water partition coefficient (Wildman–Crippen LogP) is 2.88. The van der Waals surface area contributed by atoms with E-state index in [1.54, 1.807) is 12.1 Å². The van der Waals surface area contributed by atoms with E-state index < -0.39 is 6.10 Å². The molecule has 1 aromatic carbocycles. The summed E-state index contributed by atoms with van der Waals surface area (Å²) in [6.07, 6.45) is 3.35. The third-order valence-corrected chi connectivity index (χ3v) is 4.69. The molecule has 0 bridgehead atoms. The van der Waals surface area contributed by atoms with Crippen LogP contribution in [0.4, 0.5) is 4.39 Å². The SMILES string of the molecule is CC1(C)CCCC(CN)(Cc2ccc(F)cc2)C1O. The maximum atomic E-state index is 13.0. The highest BCUT2D eigenvalue weighted by molar-refractivity contribution is 5.19. The zero-order chi connectivity index (χ0) is 14.1. The van der Waals surface area contributed by atoms with Crippen LogP contribution in [0.3, 0.4) is 0 Å². The van der Waals surface area contributed by atoms with Gasteiger partial charge >= 0.3 is 0 Å². The predicted molar refractivity (Wildman–Crippen MR) is 75.2 cm³/mol. The number of aliphatic hydroxyl groups is 1. The number of hydrogen-bond donors (Lipinski definition) is 2. The van der Waals surface area contributed by atoms with Crippen molar-refractivity contribution in [3.63, 3.8) is 0 Å². The number of aliphatic hydroxyl groups excluding tert-OH is 1. The fourth-order valence-corrected chi connectivity index (χ4v) is 3.48. The van der Waals surface area contributed by atoms with Crippen LogP contribution < -0.4 is 5.73 Å². The van der Waals surface area contributed by atoms with Gasteiger partial charge in [0.05, 0.1) is 6.10 Å². The first-order valence-electron chi connectivity index (χ1n) is 7.02. The summed E-state index contributed by atoms with van der Waals surface area (Å²) in [5, 5.41) is 10.7. The Kier molecular flexibility index (Phi) is 3.98. The van der Waals surface area contributed by atoms with Crippen molar-refractivity contribution in [3.05, 3.63) is 35.6 Å². The molecule has 2 rings (SSSR count). The van der Waals surface area contributed by atoms with Crippen molar-refractivity contribution in [1.82, 2.24) is 0 Å². The molecule has 3 heteroatoms. The van der Waals surface area contributed by atoms with Crippen LogP contribution in [0.15, 0.2) is 24.3 Å². The minimum atomic E-state index is -0.413. The molecule has 2 nitrogen and oxygen atoms in total. The van der Waals surface area contributed by atoms with E-state index in [1.807, 2.05) is 0 Å². The summed E-state index contributed by atoms with van der Waals surface area (Å²) in [6.45, 7) is 4.67. The molecule has 2 unspecified atom stereocenters. The largest absolute Gasteiger partial charge is 0.392 e. The van der Waals surface area contributed by atoms with Crippen LogP contribution in [0.1, 0.15) is 38.7 Å². The van der Waals surface area contributed by atoms with Gasteiger partial charge < -0.3 is 10.8 Å². The molecule has 0 saturated heterocycles. The van der Waals surface area contributed by atoms with Crippen molar-refractivity contribution in [3.8, 4) is 0 Å². The minimum absolute atomic E-state index is 0.0996. The molecule has 0 radical (unpaired) electrons. The highest BCUT2D eigenvalue weighted by Crippen LogP contribution is 2.47. The second-order valence-corrected chi connectivity index (χ2v) is 6.61. The van der Waals surface area contributed by atoms with Crippen molar-refractivity contribution in [2.75, 3.05) is 6.54 Å². The molecule has 0 spiro atoms. The highest BCUT2D eigenvalue weighted by Gasteiger charge is 2.47. The van der Waals surface area contributed by atoms with Crippen LogP contribution >= 0.6 is 0 Å². The molecule has 1 fully saturated rings. The Morgan fingerprint density at radius 3 is 2.47 bits per heavy atom. The highest BCUT2D eigenvalue weighted by atomic mass is 19.1. The van der Waals surface area contributed by atoms with Gasteiger partial charge in [-0.25, -0.2) is 4.39 Å². The van der Waals surface area contributed by atoms with E-state index >= 15 is 0 Å². The molecule has 19 heavy (non-hydrogen) atoms. The van der Waals surface area contributed by atoms with E-state index in [0.717, 1.165) is 24.8 Å². The smallest absolute Gasteiger partial charge is 0.123 e. The first kappa shape index (κ1) is 14.5. The standard InChI is InChI=1S/C16H24FNO/c1-15(2)8-3-9-16(11-18,14(15)19)10-12-4-6-13(17)7-5-12/h4-7,14,19H,3,8-11,18H2,1-2H3. The molecule has 0 heterocycles. The third-order valence-electron chi connectivity index (χ3n) is 4.69. The van der Waals surface area contributed by atoms with E-state index in [-0.39, 0.29) is 16.6 Å². The second kappa shape index (κ2) is 5.22. The molecule has 3 N–H and O–H groups in total. The fraction of sp³-hybridized carbons (Fsp3) is 0.625. The molecular formula is C16H24FNO. The van der Waals surface area contributed by atoms with Crippen LogP contribution in [0.2, 0.25) is 0 Å². The van der Waals surface area contributed by atoms with Crippen LogP contribution in [0, 0.1) is 16.6 Å². The Morgan fingerprint density at radius 2 is 1.89 bits per heavy atom. The van der Waals surface area contributed by atoms with E-state index in [4.69, 9.17) is 5.73 Å². The van der Waals surface area contributed by atoms with Crippen LogP contribution in [-0.4, -0.2) is 17.8 Å². The second-order valence-electron chi connectivity index (χ2n) is 6.61. The summed E-state index contributed by atoms with van der Waals surface area (Å²) >= 11 is 0. The normalized spacial score (nSPS) is 30.3. The number of rotatable bonds is 3. The summed E-state index contributed by atoms with van der Waals surface area (Å²) in [4.78, 5) is 0. The lowest BCUT2D eigenvalue weighted by molar-refractivity contribution is -0.0884. The summed E-state index contributed by atoms with van der Waals surface area (Å²) in [5.74, 6) is -0.227. The molecule has 1 saturated carbocycles. The summed E-state index contributed by atoms with van der Waals surface area (Å²) < 4.78 is 13.0. The number of benzene rings is 1. The molecule has 0 aromatic heterocycles. The van der Waals surface area contributed by atoms with Gasteiger partial charge in [-0.3, -0.25) is 0 Å². The number of nitrogens with two attached hydrogens (primary N) is 1. The maximum Gasteiger partial charge on any atom is 0.123 e. The zero-order valence-electron chi connectivity index (χ0n) is 11.8. The van der Waals surface area contributed by atoms with Gasteiger partial charge in [0.1, 0.15) is 5.82 Å². The molecule has 1 aliphatic carbocycles. The average Bonchev–Trinajstić information content (AvgIpc) is 2.38. The van der Waals surface area contributed by atoms with Crippen LogP contribution in [-0.2, 0) is 6.42 Å². The molecule has 2 atom stereocenters. The summed E-state index contributed by atoms with van der Waals surface area (Å²) in [7, 11) is 0. The minimum Gasteiger partial charge on any atom is -0.392 e. The number of hydrogen-bond acceptors (Lipinski definition) is 2. The monoisotopic (exact) mass is 265 g/mol. The van der Waals surface area contributed by atoms with E-state index in [0.29, 0.717) is 13.0 Å². The molecular weight excluding hydrogens is 241 g/mol. The van der Waals surface area contributed by atoms with Gasteiger partial charge in [-0.2, -0.15) is 0 Å². The van der Waals surface area contributed by atoms with Gasteiger partial charge in [0.2, 0.25) is 0 Å². The van der Waals surface area contributed by atoms with Gasteiger partial charge in [0, 0.05) is 12.0 Å². The van der Waals surface area contributed by atoms with Crippen molar-refractivity contribution >= 4 is 0 Å². The van der Waals surface area contributed by atoms with Gasteiger partial charge in [-0.15, -0.1) is 0 Å². The topological polar surface area (TPSA) is 46.2 Å². The van der Waals surface area contributed by atoms with Crippen LogP contribution in [0.25, 0.3) is 0 Å². The van der Waals surface area contributed by atoms with Crippen molar-refractivity contribution in [2.45, 2.75) is 45.6 Å². The Balaban J connectivity index is 2.24. The Hall–Kier alpha value is -0.930. The van der Waals surface area contributed by atoms with Gasteiger partial charge in [-0.1, -0.05) is 32.4 Å². The Morgan fingerprint density at radius 1 is 1.26 bits per heavy atom. The first-order valence-corrected chi connectivity index (χ1v) is 7.02. The lowest BCUT2D eigenvalue weighted by Crippen LogP contribution is -2.53. The Labute approximate surface area is 114 Å². The molecule has 1 aromatic rings. The molecule has 0 aliphatic heterocycles. The van der Waals surface area contributed by atoms with Crippen molar-refractivity contribution in [1.29, 1.82) is 0 Å².